The molecule has 7 heteroatoms. The van der Waals surface area contributed by atoms with E-state index >= 15 is 4.39 Å². The second-order valence-electron chi connectivity index (χ2n) is 9.29. The Morgan fingerprint density at radius 2 is 1.73 bits per heavy atom. The fourth-order valence-electron chi connectivity index (χ4n) is 4.68. The molecule has 0 saturated heterocycles. The van der Waals surface area contributed by atoms with E-state index in [-0.39, 0.29) is 29.4 Å². The van der Waals surface area contributed by atoms with Gasteiger partial charge in [0, 0.05) is 11.6 Å². The van der Waals surface area contributed by atoms with E-state index in [1.807, 2.05) is 0 Å². The van der Waals surface area contributed by atoms with Gasteiger partial charge in [-0.05, 0) is 67.3 Å². The lowest BCUT2D eigenvalue weighted by molar-refractivity contribution is -0.140. The van der Waals surface area contributed by atoms with Gasteiger partial charge in [-0.25, -0.2) is 13.2 Å². The number of hydrogen-bond acceptors (Lipinski definition) is 4. The van der Waals surface area contributed by atoms with Crippen LogP contribution < -0.4 is 9.47 Å². The maximum absolute atomic E-state index is 15.1. The molecule has 0 bridgehead atoms. The summed E-state index contributed by atoms with van der Waals surface area (Å²) in [5, 5.41) is 9.65. The van der Waals surface area contributed by atoms with Gasteiger partial charge in [-0.3, -0.25) is 4.79 Å². The number of ether oxygens (including phenoxy) is 2. The standard InChI is InChI=1S/C30H29F3O4/c1-3-16-36-23-12-15-27(26(31)17-23)37-30(35)22-10-8-21(9-11-22)25-14-13-24(28(32)29(25)33)20-6-4-19(5-7-20)18(2)34/h3-7,12-15,17-18,21-22,34H,1,8-11,16H2,2H3. The molecule has 3 aromatic carbocycles. The third-order valence-corrected chi connectivity index (χ3v) is 6.80. The Kier molecular flexibility index (Phi) is 8.34. The van der Waals surface area contributed by atoms with E-state index in [0.717, 1.165) is 6.07 Å². The molecule has 1 atom stereocenters. The Morgan fingerprint density at radius 3 is 2.35 bits per heavy atom. The molecule has 1 aliphatic rings. The summed E-state index contributed by atoms with van der Waals surface area (Å²) in [6.45, 7) is 5.39. The van der Waals surface area contributed by atoms with Gasteiger partial charge >= 0.3 is 5.97 Å². The normalized spacial score (nSPS) is 18.2. The summed E-state index contributed by atoms with van der Waals surface area (Å²) in [6, 6.07) is 13.8. The minimum atomic E-state index is -0.917. The molecule has 4 rings (SSSR count). The molecule has 0 radical (unpaired) electrons. The first-order chi connectivity index (χ1) is 17.8. The molecule has 0 aromatic heterocycles. The Morgan fingerprint density at radius 1 is 1.03 bits per heavy atom. The molecule has 194 valence electrons. The average Bonchev–Trinajstić information content (AvgIpc) is 2.90. The Labute approximate surface area is 214 Å². The fourth-order valence-corrected chi connectivity index (χ4v) is 4.68. The van der Waals surface area contributed by atoms with Gasteiger partial charge in [0.15, 0.2) is 23.2 Å². The zero-order valence-electron chi connectivity index (χ0n) is 20.6. The van der Waals surface area contributed by atoms with Crippen LogP contribution in [-0.4, -0.2) is 17.7 Å². The molecule has 0 aliphatic heterocycles. The molecule has 1 saturated carbocycles. The summed E-state index contributed by atoms with van der Waals surface area (Å²) in [5.74, 6) is -3.61. The number of rotatable bonds is 8. The van der Waals surface area contributed by atoms with Gasteiger partial charge in [0.2, 0.25) is 0 Å². The second-order valence-corrected chi connectivity index (χ2v) is 9.29. The van der Waals surface area contributed by atoms with E-state index in [1.165, 1.54) is 18.2 Å². The summed E-state index contributed by atoms with van der Waals surface area (Å²) in [6.07, 6.45) is 2.70. The van der Waals surface area contributed by atoms with Gasteiger partial charge in [-0.2, -0.15) is 0 Å². The summed E-state index contributed by atoms with van der Waals surface area (Å²) < 4.78 is 54.9. The molecule has 1 N–H and O–H groups in total. The van der Waals surface area contributed by atoms with Crippen molar-refractivity contribution in [3.05, 3.63) is 95.8 Å². The smallest absolute Gasteiger partial charge is 0.314 e. The van der Waals surface area contributed by atoms with E-state index in [1.54, 1.807) is 43.3 Å². The Bertz CT molecular complexity index is 1260. The number of carbonyl (C=O) groups is 1. The third-order valence-electron chi connectivity index (χ3n) is 6.80. The number of esters is 1. The van der Waals surface area contributed by atoms with Gasteiger partial charge in [0.05, 0.1) is 12.0 Å². The monoisotopic (exact) mass is 510 g/mol. The van der Waals surface area contributed by atoms with Crippen LogP contribution >= 0.6 is 0 Å². The molecule has 0 amide bonds. The van der Waals surface area contributed by atoms with Gasteiger partial charge in [-0.15, -0.1) is 0 Å². The highest BCUT2D eigenvalue weighted by atomic mass is 19.2. The van der Waals surface area contributed by atoms with Crippen molar-refractivity contribution in [1.29, 1.82) is 0 Å². The number of aliphatic hydroxyl groups is 1. The van der Waals surface area contributed by atoms with Crippen molar-refractivity contribution in [2.45, 2.75) is 44.6 Å². The zero-order chi connectivity index (χ0) is 26.5. The molecule has 0 heterocycles. The van der Waals surface area contributed by atoms with Crippen molar-refractivity contribution in [3.63, 3.8) is 0 Å². The van der Waals surface area contributed by atoms with Crippen LogP contribution in [0.2, 0.25) is 0 Å². The summed E-state index contributed by atoms with van der Waals surface area (Å²) >= 11 is 0. The number of halogens is 3. The molecule has 1 aliphatic carbocycles. The number of carbonyl (C=O) groups excluding carboxylic acids is 1. The fraction of sp³-hybridized carbons (Fsp3) is 0.300. The molecular formula is C30H29F3O4. The number of benzene rings is 3. The summed E-state index contributed by atoms with van der Waals surface area (Å²) in [7, 11) is 0. The third kappa shape index (κ3) is 6.05. The lowest BCUT2D eigenvalue weighted by Gasteiger charge is -2.28. The minimum absolute atomic E-state index is 0.151. The summed E-state index contributed by atoms with van der Waals surface area (Å²) in [5.41, 5.74) is 1.65. The van der Waals surface area contributed by atoms with E-state index in [0.29, 0.717) is 42.6 Å². The van der Waals surface area contributed by atoms with Crippen molar-refractivity contribution in [2.24, 2.45) is 5.92 Å². The van der Waals surface area contributed by atoms with Crippen molar-refractivity contribution < 1.29 is 32.5 Å². The topological polar surface area (TPSA) is 55.8 Å². The highest BCUT2D eigenvalue weighted by Crippen LogP contribution is 2.39. The number of hydrogen-bond donors (Lipinski definition) is 1. The van der Waals surface area contributed by atoms with E-state index in [9.17, 15) is 18.7 Å². The van der Waals surface area contributed by atoms with Crippen LogP contribution in [0.3, 0.4) is 0 Å². The summed E-state index contributed by atoms with van der Waals surface area (Å²) in [4.78, 5) is 12.6. The van der Waals surface area contributed by atoms with Crippen molar-refractivity contribution in [1.82, 2.24) is 0 Å². The lowest BCUT2D eigenvalue weighted by Crippen LogP contribution is -2.25. The Balaban J connectivity index is 1.39. The molecular weight excluding hydrogens is 481 g/mol. The zero-order valence-corrected chi connectivity index (χ0v) is 20.6. The maximum atomic E-state index is 15.1. The largest absolute Gasteiger partial charge is 0.489 e. The first-order valence-corrected chi connectivity index (χ1v) is 12.3. The van der Waals surface area contributed by atoms with Crippen molar-refractivity contribution in [2.75, 3.05) is 6.61 Å². The molecule has 37 heavy (non-hydrogen) atoms. The maximum Gasteiger partial charge on any atom is 0.314 e. The molecule has 3 aromatic rings. The quantitative estimate of drug-likeness (QED) is 0.197. The lowest BCUT2D eigenvalue weighted by atomic mass is 9.78. The van der Waals surface area contributed by atoms with Gasteiger partial charge in [0.25, 0.3) is 0 Å². The number of aliphatic hydroxyl groups excluding tert-OH is 1. The predicted octanol–water partition coefficient (Wildman–Crippen LogP) is 7.27. The Hall–Kier alpha value is -3.58. The predicted molar refractivity (Wildman–Crippen MR) is 135 cm³/mol. The first-order valence-electron chi connectivity index (χ1n) is 12.3. The van der Waals surface area contributed by atoms with Crippen LogP contribution in [0, 0.1) is 23.4 Å². The van der Waals surface area contributed by atoms with Crippen LogP contribution in [0.1, 0.15) is 55.8 Å². The van der Waals surface area contributed by atoms with E-state index in [4.69, 9.17) is 9.47 Å². The van der Waals surface area contributed by atoms with Crippen LogP contribution in [0.25, 0.3) is 11.1 Å². The van der Waals surface area contributed by atoms with Crippen molar-refractivity contribution in [3.8, 4) is 22.6 Å². The highest BCUT2D eigenvalue weighted by molar-refractivity contribution is 5.75. The molecule has 1 fully saturated rings. The van der Waals surface area contributed by atoms with E-state index in [2.05, 4.69) is 6.58 Å². The SMILES string of the molecule is C=CCOc1ccc(OC(=O)C2CCC(c3ccc(-c4ccc(C(C)O)cc4)c(F)c3F)CC2)c(F)c1. The average molecular weight is 511 g/mol. The minimum Gasteiger partial charge on any atom is -0.489 e. The van der Waals surface area contributed by atoms with Gasteiger partial charge in [-0.1, -0.05) is 49.1 Å². The van der Waals surface area contributed by atoms with Gasteiger partial charge < -0.3 is 14.6 Å². The van der Waals surface area contributed by atoms with Crippen LogP contribution in [0.15, 0.2) is 67.3 Å². The van der Waals surface area contributed by atoms with Gasteiger partial charge in [0.1, 0.15) is 12.4 Å². The van der Waals surface area contributed by atoms with Crippen LogP contribution in [-0.2, 0) is 4.79 Å². The van der Waals surface area contributed by atoms with Crippen LogP contribution in [0.4, 0.5) is 13.2 Å². The van der Waals surface area contributed by atoms with Crippen molar-refractivity contribution >= 4 is 5.97 Å². The molecule has 4 nitrogen and oxygen atoms in total. The first kappa shape index (κ1) is 26.5. The van der Waals surface area contributed by atoms with E-state index < -0.39 is 35.4 Å². The molecule has 0 spiro atoms. The van der Waals surface area contributed by atoms with Crippen LogP contribution in [0.5, 0.6) is 11.5 Å². The molecule has 1 unspecified atom stereocenters. The highest BCUT2D eigenvalue weighted by Gasteiger charge is 2.31. The second kappa shape index (κ2) is 11.6.